The maximum absolute atomic E-state index is 12.2. The lowest BCUT2D eigenvalue weighted by molar-refractivity contribution is -0.409. The monoisotopic (exact) mass is 331 g/mol. The lowest BCUT2D eigenvalue weighted by atomic mass is 10.0. The molecular formula is C17H19N2O5+. The molecule has 0 spiro atoms. The van der Waals surface area contributed by atoms with Gasteiger partial charge in [0.25, 0.3) is 5.91 Å². The maximum Gasteiger partial charge on any atom is 0.326 e. The van der Waals surface area contributed by atoms with E-state index in [0.29, 0.717) is 11.1 Å². The Balaban J connectivity index is 2.09. The van der Waals surface area contributed by atoms with Crippen molar-refractivity contribution < 1.29 is 30.6 Å². The third-order valence-electron chi connectivity index (χ3n) is 3.61. The van der Waals surface area contributed by atoms with Crippen molar-refractivity contribution in [2.75, 3.05) is 0 Å². The summed E-state index contributed by atoms with van der Waals surface area (Å²) in [5.74, 6) is -2.34. The number of hydrogen-bond acceptors (Lipinski definition) is 4. The van der Waals surface area contributed by atoms with E-state index in [4.69, 9.17) is 0 Å². The van der Waals surface area contributed by atoms with Crippen LogP contribution < -0.4 is 11.1 Å². The number of phenolic OH excluding ortho intramolecular Hbond substituents is 2. The second-order valence-electron chi connectivity index (χ2n) is 5.39. The van der Waals surface area contributed by atoms with Crippen molar-refractivity contribution in [2.45, 2.75) is 18.5 Å². The van der Waals surface area contributed by atoms with E-state index in [1.807, 2.05) is 6.07 Å². The third-order valence-corrected chi connectivity index (χ3v) is 3.61. The Hall–Kier alpha value is -3.06. The number of rotatable bonds is 6. The van der Waals surface area contributed by atoms with Crippen molar-refractivity contribution in [1.29, 1.82) is 0 Å². The molecule has 0 heterocycles. The molecule has 2 rings (SSSR count). The van der Waals surface area contributed by atoms with Crippen LogP contribution in [0.2, 0.25) is 0 Å². The number of hydrogen-bond donors (Lipinski definition) is 5. The average Bonchev–Trinajstić information content (AvgIpc) is 2.57. The van der Waals surface area contributed by atoms with Gasteiger partial charge in [-0.2, -0.15) is 0 Å². The first kappa shape index (κ1) is 17.3. The molecule has 7 nitrogen and oxygen atoms in total. The van der Waals surface area contributed by atoms with Crippen molar-refractivity contribution in [3.05, 3.63) is 59.7 Å². The molecule has 0 radical (unpaired) electrons. The number of carbonyl (C=O) groups is 2. The Bertz CT molecular complexity index is 733. The van der Waals surface area contributed by atoms with E-state index in [9.17, 15) is 24.9 Å². The van der Waals surface area contributed by atoms with Crippen LogP contribution in [0.25, 0.3) is 0 Å². The molecule has 7 heteroatoms. The molecular weight excluding hydrogens is 312 g/mol. The van der Waals surface area contributed by atoms with E-state index < -0.39 is 24.0 Å². The number of aromatic hydroxyl groups is 2. The first-order valence-electron chi connectivity index (χ1n) is 7.30. The molecule has 0 aliphatic carbocycles. The van der Waals surface area contributed by atoms with Crippen molar-refractivity contribution >= 4 is 11.9 Å². The zero-order valence-electron chi connectivity index (χ0n) is 12.8. The van der Waals surface area contributed by atoms with Crippen molar-refractivity contribution in [3.8, 4) is 11.5 Å². The summed E-state index contributed by atoms with van der Waals surface area (Å²) in [5, 5.41) is 30.5. The van der Waals surface area contributed by atoms with Crippen LogP contribution in [0.4, 0.5) is 0 Å². The van der Waals surface area contributed by atoms with Gasteiger partial charge in [-0.25, -0.2) is 4.79 Å². The van der Waals surface area contributed by atoms with Gasteiger partial charge in [0.15, 0.2) is 17.5 Å². The Labute approximate surface area is 138 Å². The van der Waals surface area contributed by atoms with E-state index >= 15 is 0 Å². The molecule has 2 aromatic rings. The lowest BCUT2D eigenvalue weighted by Crippen LogP contribution is -2.62. The number of amides is 1. The summed E-state index contributed by atoms with van der Waals surface area (Å²) in [6, 6.07) is 10.9. The second kappa shape index (κ2) is 7.47. The standard InChI is InChI=1S/C17H18N2O5/c18-15(11-4-2-1-3-5-11)16(22)19-12(17(23)24)8-10-6-7-13(20)14(21)9-10/h1-7,9,12,15,20-21H,8,18H2,(H,19,22)(H,23,24)/p+1/t12-,15-/m0/s1. The molecule has 2 atom stereocenters. The van der Waals surface area contributed by atoms with Gasteiger partial charge in [-0.05, 0) is 17.7 Å². The molecule has 0 aromatic heterocycles. The molecule has 0 aliphatic heterocycles. The number of carboxylic acid groups (broad SMARTS) is 1. The summed E-state index contributed by atoms with van der Waals surface area (Å²) < 4.78 is 0. The van der Waals surface area contributed by atoms with Crippen molar-refractivity contribution in [2.24, 2.45) is 0 Å². The van der Waals surface area contributed by atoms with E-state index in [1.54, 1.807) is 24.3 Å². The fourth-order valence-corrected chi connectivity index (χ4v) is 2.24. The Morgan fingerprint density at radius 2 is 1.71 bits per heavy atom. The molecule has 0 saturated carbocycles. The number of carbonyl (C=O) groups excluding carboxylic acids is 1. The van der Waals surface area contributed by atoms with Crippen LogP contribution in [0.15, 0.2) is 48.5 Å². The van der Waals surface area contributed by atoms with Crippen LogP contribution in [-0.2, 0) is 16.0 Å². The molecule has 0 aliphatic rings. The maximum atomic E-state index is 12.2. The number of quaternary nitrogens is 1. The predicted octanol–water partition coefficient (Wildman–Crippen LogP) is 0.193. The minimum absolute atomic E-state index is 0.0313. The number of phenols is 2. The SMILES string of the molecule is [NH3+][C@H](C(=O)N[C@@H](Cc1ccc(O)c(O)c1)C(=O)O)c1ccccc1. The van der Waals surface area contributed by atoms with Gasteiger partial charge < -0.3 is 26.4 Å². The van der Waals surface area contributed by atoms with Gasteiger partial charge in [0, 0.05) is 12.0 Å². The van der Waals surface area contributed by atoms with Gasteiger partial charge in [-0.1, -0.05) is 36.4 Å². The molecule has 0 unspecified atom stereocenters. The van der Waals surface area contributed by atoms with Gasteiger partial charge in [0.2, 0.25) is 0 Å². The quantitative estimate of drug-likeness (QED) is 0.482. The summed E-state index contributed by atoms with van der Waals surface area (Å²) >= 11 is 0. The van der Waals surface area contributed by atoms with Crippen LogP contribution in [0, 0.1) is 0 Å². The number of benzene rings is 2. The highest BCUT2D eigenvalue weighted by Gasteiger charge is 2.26. The zero-order chi connectivity index (χ0) is 17.7. The van der Waals surface area contributed by atoms with Gasteiger partial charge >= 0.3 is 5.97 Å². The third kappa shape index (κ3) is 4.23. The normalized spacial score (nSPS) is 13.0. The molecule has 24 heavy (non-hydrogen) atoms. The minimum atomic E-state index is -1.20. The van der Waals surface area contributed by atoms with Crippen LogP contribution >= 0.6 is 0 Å². The summed E-state index contributed by atoms with van der Waals surface area (Å²) in [4.78, 5) is 23.6. The highest BCUT2D eigenvalue weighted by molar-refractivity contribution is 5.86. The summed E-state index contributed by atoms with van der Waals surface area (Å²) in [7, 11) is 0. The first-order chi connectivity index (χ1) is 11.4. The topological polar surface area (TPSA) is 134 Å². The van der Waals surface area contributed by atoms with E-state index in [2.05, 4.69) is 11.1 Å². The van der Waals surface area contributed by atoms with Gasteiger partial charge in [-0.3, -0.25) is 4.79 Å². The smallest absolute Gasteiger partial charge is 0.326 e. The van der Waals surface area contributed by atoms with E-state index in [-0.39, 0.29) is 17.9 Å². The molecule has 2 aromatic carbocycles. The molecule has 126 valence electrons. The minimum Gasteiger partial charge on any atom is -0.504 e. The van der Waals surface area contributed by atoms with Crippen LogP contribution in [-0.4, -0.2) is 33.2 Å². The zero-order valence-corrected chi connectivity index (χ0v) is 12.8. The highest BCUT2D eigenvalue weighted by Crippen LogP contribution is 2.25. The Morgan fingerprint density at radius 1 is 1.04 bits per heavy atom. The second-order valence-corrected chi connectivity index (χ2v) is 5.39. The molecule has 1 amide bonds. The van der Waals surface area contributed by atoms with E-state index in [0.717, 1.165) is 0 Å². The van der Waals surface area contributed by atoms with Gasteiger partial charge in [0.1, 0.15) is 6.04 Å². The van der Waals surface area contributed by atoms with Crippen LogP contribution in [0.3, 0.4) is 0 Å². The number of nitrogens with one attached hydrogen (secondary N) is 1. The lowest BCUT2D eigenvalue weighted by Gasteiger charge is -2.17. The summed E-state index contributed by atoms with van der Waals surface area (Å²) in [5.41, 5.74) is 4.93. The number of aliphatic carboxylic acids is 1. The van der Waals surface area contributed by atoms with Crippen molar-refractivity contribution in [1.82, 2.24) is 5.32 Å². The number of carboxylic acids is 1. The summed E-state index contributed by atoms with van der Waals surface area (Å²) in [6.45, 7) is 0. The Morgan fingerprint density at radius 3 is 2.29 bits per heavy atom. The highest BCUT2D eigenvalue weighted by atomic mass is 16.4. The van der Waals surface area contributed by atoms with Crippen molar-refractivity contribution in [3.63, 3.8) is 0 Å². The molecule has 0 fully saturated rings. The Kier molecular flexibility index (Phi) is 5.39. The van der Waals surface area contributed by atoms with Gasteiger partial charge in [-0.15, -0.1) is 0 Å². The van der Waals surface area contributed by atoms with Crippen LogP contribution in [0.1, 0.15) is 17.2 Å². The largest absolute Gasteiger partial charge is 0.504 e. The molecule has 7 N–H and O–H groups in total. The van der Waals surface area contributed by atoms with E-state index in [1.165, 1.54) is 18.2 Å². The fraction of sp³-hybridized carbons (Fsp3) is 0.176. The average molecular weight is 331 g/mol. The molecule has 0 bridgehead atoms. The summed E-state index contributed by atoms with van der Waals surface area (Å²) in [6.07, 6.45) is -0.0313. The first-order valence-corrected chi connectivity index (χ1v) is 7.30. The van der Waals surface area contributed by atoms with Gasteiger partial charge in [0.05, 0.1) is 0 Å². The fourth-order valence-electron chi connectivity index (χ4n) is 2.24. The predicted molar refractivity (Wildman–Crippen MR) is 85.1 cm³/mol. The van der Waals surface area contributed by atoms with Crippen LogP contribution in [0.5, 0.6) is 11.5 Å². The molecule has 0 saturated heterocycles.